The fraction of sp³-hybridized carbons (Fsp3) is 0.200. The van der Waals surface area contributed by atoms with Gasteiger partial charge in [0.1, 0.15) is 17.1 Å². The Morgan fingerprint density at radius 3 is 2.93 bits per heavy atom. The Hall–Kier alpha value is -3.26. The number of rotatable bonds is 6. The van der Waals surface area contributed by atoms with Crippen molar-refractivity contribution in [3.05, 3.63) is 60.4 Å². The van der Waals surface area contributed by atoms with Crippen molar-refractivity contribution in [3.8, 4) is 16.3 Å². The van der Waals surface area contributed by atoms with Crippen molar-refractivity contribution in [1.82, 2.24) is 19.8 Å². The molecule has 0 aliphatic heterocycles. The fourth-order valence-electron chi connectivity index (χ4n) is 2.64. The molecule has 7 nitrogen and oxygen atoms in total. The van der Waals surface area contributed by atoms with E-state index in [9.17, 15) is 4.79 Å². The van der Waals surface area contributed by atoms with Crippen LogP contribution in [-0.2, 0) is 0 Å². The van der Waals surface area contributed by atoms with Crippen LogP contribution in [0.4, 0.5) is 5.69 Å². The highest BCUT2D eigenvalue weighted by molar-refractivity contribution is 7.19. The molecule has 1 amide bonds. The molecule has 2 heterocycles. The van der Waals surface area contributed by atoms with Crippen LogP contribution in [0.5, 0.6) is 5.75 Å². The van der Waals surface area contributed by atoms with E-state index in [-0.39, 0.29) is 12.0 Å². The van der Waals surface area contributed by atoms with Crippen LogP contribution in [0.15, 0.2) is 54.9 Å². The number of carbonyl (C=O) groups is 1. The third kappa shape index (κ3) is 3.86. The lowest BCUT2D eigenvalue weighted by atomic mass is 10.1. The number of hydrogen-bond donors (Lipinski definition) is 1. The third-order valence-electron chi connectivity index (χ3n) is 4.26. The number of carbonyl (C=O) groups excluding carboxylic acids is 1. The summed E-state index contributed by atoms with van der Waals surface area (Å²) in [7, 11) is 0. The van der Waals surface area contributed by atoms with Crippen LogP contribution < -0.4 is 10.1 Å². The highest BCUT2D eigenvalue weighted by Crippen LogP contribution is 2.27. The second-order valence-electron chi connectivity index (χ2n) is 6.36. The number of amides is 1. The number of nitrogens with one attached hydrogen (secondary N) is 1. The average molecular weight is 393 g/mol. The summed E-state index contributed by atoms with van der Waals surface area (Å²) >= 11 is 1.44. The van der Waals surface area contributed by atoms with Gasteiger partial charge in [-0.15, -0.1) is 10.2 Å². The maximum atomic E-state index is 12.7. The zero-order valence-corrected chi connectivity index (χ0v) is 16.3. The van der Waals surface area contributed by atoms with E-state index in [1.54, 1.807) is 23.0 Å². The number of fused-ring (bicyclic) bond motifs is 1. The molecule has 0 saturated heterocycles. The first-order valence-electron chi connectivity index (χ1n) is 8.97. The van der Waals surface area contributed by atoms with Gasteiger partial charge in [0, 0.05) is 16.8 Å². The van der Waals surface area contributed by atoms with Gasteiger partial charge in [0.05, 0.1) is 6.10 Å². The summed E-state index contributed by atoms with van der Waals surface area (Å²) in [6.45, 7) is 4.06. The topological polar surface area (TPSA) is 81.4 Å². The van der Waals surface area contributed by atoms with Crippen LogP contribution in [0, 0.1) is 0 Å². The largest absolute Gasteiger partial charge is 0.491 e. The molecule has 0 aliphatic rings. The van der Waals surface area contributed by atoms with Crippen molar-refractivity contribution in [2.75, 3.05) is 5.32 Å². The minimum Gasteiger partial charge on any atom is -0.491 e. The molecule has 0 fully saturated rings. The van der Waals surface area contributed by atoms with E-state index in [1.165, 1.54) is 11.3 Å². The number of benzene rings is 2. The van der Waals surface area contributed by atoms with E-state index in [0.29, 0.717) is 17.0 Å². The molecule has 0 radical (unpaired) electrons. The summed E-state index contributed by atoms with van der Waals surface area (Å²) in [5.41, 5.74) is 2.15. The Bertz CT molecular complexity index is 1090. The highest BCUT2D eigenvalue weighted by atomic mass is 32.1. The van der Waals surface area contributed by atoms with Crippen molar-refractivity contribution < 1.29 is 9.53 Å². The lowest BCUT2D eigenvalue weighted by molar-refractivity contribution is 0.102. The third-order valence-corrected chi connectivity index (χ3v) is 5.22. The van der Waals surface area contributed by atoms with Gasteiger partial charge in [-0.2, -0.15) is 9.61 Å². The predicted octanol–water partition coefficient (Wildman–Crippen LogP) is 4.28. The molecule has 1 N–H and O–H groups in total. The number of hydrogen-bond acceptors (Lipinski definition) is 6. The van der Waals surface area contributed by atoms with E-state index in [1.807, 2.05) is 43.3 Å². The smallest absolute Gasteiger partial charge is 0.255 e. The molecular weight excluding hydrogens is 374 g/mol. The SMILES string of the molecule is CC[C@H](C)Oc1cccc(C(=O)Nc2cccc(-c3nn4cnnc4s3)c2)c1. The molecule has 2 aromatic heterocycles. The molecule has 8 heteroatoms. The lowest BCUT2D eigenvalue weighted by Crippen LogP contribution is -2.13. The molecule has 0 unspecified atom stereocenters. The van der Waals surface area contributed by atoms with Gasteiger partial charge < -0.3 is 10.1 Å². The highest BCUT2D eigenvalue weighted by Gasteiger charge is 2.11. The molecule has 0 spiro atoms. The number of aromatic nitrogens is 4. The van der Waals surface area contributed by atoms with Gasteiger partial charge in [-0.25, -0.2) is 0 Å². The van der Waals surface area contributed by atoms with Crippen LogP contribution in [0.2, 0.25) is 0 Å². The molecule has 142 valence electrons. The Labute approximate surface area is 166 Å². The molecule has 28 heavy (non-hydrogen) atoms. The summed E-state index contributed by atoms with van der Waals surface area (Å²) in [6.07, 6.45) is 2.57. The Balaban J connectivity index is 1.52. The average Bonchev–Trinajstić information content (AvgIpc) is 3.30. The van der Waals surface area contributed by atoms with Gasteiger partial charge >= 0.3 is 0 Å². The minimum absolute atomic E-state index is 0.101. The first-order valence-corrected chi connectivity index (χ1v) is 9.79. The molecule has 2 aromatic carbocycles. The minimum atomic E-state index is -0.190. The number of anilines is 1. The molecule has 0 aliphatic carbocycles. The van der Waals surface area contributed by atoms with Gasteiger partial charge in [0.25, 0.3) is 5.91 Å². The molecule has 1 atom stereocenters. The van der Waals surface area contributed by atoms with E-state index >= 15 is 0 Å². The first kappa shape index (κ1) is 18.1. The standard InChI is InChI=1S/C20H19N5O2S/c1-3-13(2)27-17-9-5-6-14(11-17)18(26)22-16-8-4-7-15(10-16)19-24-25-12-21-23-20(25)28-19/h4-13H,3H2,1-2H3,(H,22,26)/t13-/m0/s1. The number of ether oxygens (including phenoxy) is 1. The number of nitrogens with zero attached hydrogens (tertiary/aromatic N) is 4. The second kappa shape index (κ2) is 7.77. The maximum absolute atomic E-state index is 12.7. The second-order valence-corrected chi connectivity index (χ2v) is 7.32. The maximum Gasteiger partial charge on any atom is 0.255 e. The zero-order valence-electron chi connectivity index (χ0n) is 15.5. The van der Waals surface area contributed by atoms with Crippen molar-refractivity contribution in [2.45, 2.75) is 26.4 Å². The summed E-state index contributed by atoms with van der Waals surface area (Å²) in [6, 6.07) is 14.8. The van der Waals surface area contributed by atoms with Gasteiger partial charge in [-0.1, -0.05) is 36.5 Å². The van der Waals surface area contributed by atoms with Crippen molar-refractivity contribution in [1.29, 1.82) is 0 Å². The van der Waals surface area contributed by atoms with Crippen molar-refractivity contribution >= 4 is 27.9 Å². The molecular formula is C20H19N5O2S. The Kier molecular flexibility index (Phi) is 5.03. The van der Waals surface area contributed by atoms with Crippen LogP contribution in [0.3, 0.4) is 0 Å². The van der Waals surface area contributed by atoms with Gasteiger partial charge in [0.15, 0.2) is 0 Å². The zero-order chi connectivity index (χ0) is 19.5. The first-order chi connectivity index (χ1) is 13.6. The summed E-state index contributed by atoms with van der Waals surface area (Å²) in [5.74, 6) is 0.500. The Morgan fingerprint density at radius 2 is 2.11 bits per heavy atom. The van der Waals surface area contributed by atoms with Gasteiger partial charge in [-0.05, 0) is 43.7 Å². The van der Waals surface area contributed by atoms with Crippen molar-refractivity contribution in [2.24, 2.45) is 0 Å². The van der Waals surface area contributed by atoms with E-state index < -0.39 is 0 Å². The predicted molar refractivity (Wildman–Crippen MR) is 109 cm³/mol. The van der Waals surface area contributed by atoms with Crippen LogP contribution >= 0.6 is 11.3 Å². The lowest BCUT2D eigenvalue weighted by Gasteiger charge is -2.13. The molecule has 4 rings (SSSR count). The van der Waals surface area contributed by atoms with Gasteiger partial charge in [0.2, 0.25) is 4.96 Å². The van der Waals surface area contributed by atoms with E-state index in [2.05, 4.69) is 27.5 Å². The van der Waals surface area contributed by atoms with Crippen LogP contribution in [-0.4, -0.2) is 31.8 Å². The summed E-state index contributed by atoms with van der Waals surface area (Å²) in [5, 5.41) is 16.0. The van der Waals surface area contributed by atoms with E-state index in [4.69, 9.17) is 4.74 Å². The van der Waals surface area contributed by atoms with Crippen LogP contribution in [0.25, 0.3) is 15.5 Å². The molecule has 0 bridgehead atoms. The van der Waals surface area contributed by atoms with Gasteiger partial charge in [-0.3, -0.25) is 4.79 Å². The molecule has 0 saturated carbocycles. The quantitative estimate of drug-likeness (QED) is 0.529. The fourth-order valence-corrected chi connectivity index (χ4v) is 3.45. The van der Waals surface area contributed by atoms with Crippen molar-refractivity contribution in [3.63, 3.8) is 0 Å². The summed E-state index contributed by atoms with van der Waals surface area (Å²) < 4.78 is 7.44. The Morgan fingerprint density at radius 1 is 1.25 bits per heavy atom. The van der Waals surface area contributed by atoms with Crippen LogP contribution in [0.1, 0.15) is 30.6 Å². The summed E-state index contributed by atoms with van der Waals surface area (Å²) in [4.78, 5) is 13.4. The molecule has 4 aromatic rings. The normalized spacial score (nSPS) is 12.1. The van der Waals surface area contributed by atoms with E-state index in [0.717, 1.165) is 22.0 Å². The monoisotopic (exact) mass is 393 g/mol.